The summed E-state index contributed by atoms with van der Waals surface area (Å²) in [7, 11) is 0. The third-order valence-corrected chi connectivity index (χ3v) is 5.84. The molecule has 24 heavy (non-hydrogen) atoms. The molecule has 1 aromatic carbocycles. The molecule has 2 heterocycles. The molecule has 3 fully saturated rings. The Morgan fingerprint density at radius 2 is 1.96 bits per heavy atom. The first-order chi connectivity index (χ1) is 11.7. The zero-order chi connectivity index (χ0) is 16.4. The van der Waals surface area contributed by atoms with Gasteiger partial charge in [-0.2, -0.15) is 0 Å². The van der Waals surface area contributed by atoms with Crippen LogP contribution in [0.3, 0.4) is 0 Å². The molecule has 130 valence electrons. The summed E-state index contributed by atoms with van der Waals surface area (Å²) in [6, 6.07) is 10.6. The lowest BCUT2D eigenvalue weighted by Gasteiger charge is -2.48. The maximum Gasteiger partial charge on any atom is 0.222 e. The van der Waals surface area contributed by atoms with Gasteiger partial charge in [0.15, 0.2) is 0 Å². The number of piperidine rings is 2. The van der Waals surface area contributed by atoms with E-state index >= 15 is 0 Å². The van der Waals surface area contributed by atoms with Crippen LogP contribution >= 0.6 is 0 Å². The summed E-state index contributed by atoms with van der Waals surface area (Å²) in [6.07, 6.45) is 6.79. The molecule has 2 aliphatic heterocycles. The predicted octanol–water partition coefficient (Wildman–Crippen LogP) is 2.93. The molecule has 1 atom stereocenters. The number of carbonyl (C=O) groups is 1. The van der Waals surface area contributed by atoms with Crippen LogP contribution in [0.4, 0.5) is 0 Å². The number of carbonyl (C=O) groups excluding carboxylic acids is 1. The molecule has 0 N–H and O–H groups in total. The molecule has 4 rings (SSSR count). The van der Waals surface area contributed by atoms with Crippen LogP contribution in [0, 0.1) is 5.41 Å². The fourth-order valence-corrected chi connectivity index (χ4v) is 4.41. The molecule has 0 radical (unpaired) electrons. The van der Waals surface area contributed by atoms with E-state index < -0.39 is 0 Å². The van der Waals surface area contributed by atoms with Gasteiger partial charge in [0.1, 0.15) is 12.4 Å². The number of nitrogens with zero attached hydrogens (tertiary/aromatic N) is 2. The molecule has 2 saturated heterocycles. The lowest BCUT2D eigenvalue weighted by atomic mass is 9.73. The summed E-state index contributed by atoms with van der Waals surface area (Å²) < 4.78 is 5.86. The lowest BCUT2D eigenvalue weighted by Crippen LogP contribution is -2.55. The van der Waals surface area contributed by atoms with Gasteiger partial charge in [0, 0.05) is 37.5 Å². The quantitative estimate of drug-likeness (QED) is 0.833. The number of hydrogen-bond donors (Lipinski definition) is 0. The third-order valence-electron chi connectivity index (χ3n) is 5.84. The van der Waals surface area contributed by atoms with Gasteiger partial charge in [-0.05, 0) is 50.8 Å². The standard InChI is InChI=1S/C20H28N2O2/c23-19-9-11-20(16-22(19)17-7-8-17)10-4-12-21(15-20)13-14-24-18-5-2-1-3-6-18/h1-3,5-6,17H,4,7-16H2/t20-/m0/s1. The van der Waals surface area contributed by atoms with Gasteiger partial charge in [-0.15, -0.1) is 0 Å². The molecule has 1 saturated carbocycles. The van der Waals surface area contributed by atoms with E-state index in [1.54, 1.807) is 0 Å². The number of likely N-dealkylation sites (tertiary alicyclic amines) is 2. The van der Waals surface area contributed by atoms with Crippen molar-refractivity contribution < 1.29 is 9.53 Å². The second kappa shape index (κ2) is 6.75. The van der Waals surface area contributed by atoms with E-state index in [1.165, 1.54) is 25.7 Å². The second-order valence-electron chi connectivity index (χ2n) is 7.79. The molecule has 1 aliphatic carbocycles. The highest BCUT2D eigenvalue weighted by Crippen LogP contribution is 2.42. The van der Waals surface area contributed by atoms with Crippen LogP contribution in [-0.4, -0.2) is 54.5 Å². The highest BCUT2D eigenvalue weighted by Gasteiger charge is 2.45. The average Bonchev–Trinajstić information content (AvgIpc) is 3.44. The maximum atomic E-state index is 12.2. The Balaban J connectivity index is 1.31. The molecule has 4 heteroatoms. The van der Waals surface area contributed by atoms with E-state index in [1.807, 2.05) is 30.3 Å². The molecule has 3 aliphatic rings. The third kappa shape index (κ3) is 3.59. The van der Waals surface area contributed by atoms with Crippen LogP contribution in [-0.2, 0) is 4.79 Å². The Morgan fingerprint density at radius 3 is 2.75 bits per heavy atom. The molecular formula is C20H28N2O2. The Labute approximate surface area is 144 Å². The number of amides is 1. The largest absolute Gasteiger partial charge is 0.492 e. The van der Waals surface area contributed by atoms with Crippen LogP contribution in [0.15, 0.2) is 30.3 Å². The molecule has 0 bridgehead atoms. The molecule has 4 nitrogen and oxygen atoms in total. The fourth-order valence-electron chi connectivity index (χ4n) is 4.41. The van der Waals surface area contributed by atoms with Crippen molar-refractivity contribution in [1.82, 2.24) is 9.80 Å². The first-order valence-corrected chi connectivity index (χ1v) is 9.44. The number of hydrogen-bond acceptors (Lipinski definition) is 3. The summed E-state index contributed by atoms with van der Waals surface area (Å²) in [6.45, 7) is 5.00. The Hall–Kier alpha value is -1.55. The van der Waals surface area contributed by atoms with Gasteiger partial charge >= 0.3 is 0 Å². The average molecular weight is 328 g/mol. The molecule has 1 amide bonds. The summed E-state index contributed by atoms with van der Waals surface area (Å²) in [5, 5.41) is 0. The highest BCUT2D eigenvalue weighted by atomic mass is 16.5. The molecule has 1 spiro atoms. The van der Waals surface area contributed by atoms with Crippen molar-refractivity contribution >= 4 is 5.91 Å². The molecule has 0 aromatic heterocycles. The van der Waals surface area contributed by atoms with Crippen LogP contribution in [0.25, 0.3) is 0 Å². The molecule has 0 unspecified atom stereocenters. The summed E-state index contributed by atoms with van der Waals surface area (Å²) in [4.78, 5) is 17.0. The van der Waals surface area contributed by atoms with Gasteiger partial charge in [0.05, 0.1) is 0 Å². The number of rotatable bonds is 5. The molecular weight excluding hydrogens is 300 g/mol. The minimum atomic E-state index is 0.335. The predicted molar refractivity (Wildman–Crippen MR) is 94.0 cm³/mol. The van der Waals surface area contributed by atoms with Gasteiger partial charge in [0.2, 0.25) is 5.91 Å². The van der Waals surface area contributed by atoms with E-state index in [0.29, 0.717) is 17.4 Å². The topological polar surface area (TPSA) is 32.8 Å². The lowest BCUT2D eigenvalue weighted by molar-refractivity contribution is -0.140. The SMILES string of the molecule is O=C1CC[C@]2(CCCN(CCOc3ccccc3)C2)CN1C1CC1. The first kappa shape index (κ1) is 15.9. The normalized spacial score (nSPS) is 28.3. The van der Waals surface area contributed by atoms with Crippen molar-refractivity contribution in [3.63, 3.8) is 0 Å². The van der Waals surface area contributed by atoms with Crippen LogP contribution < -0.4 is 4.74 Å². The first-order valence-electron chi connectivity index (χ1n) is 9.44. The van der Waals surface area contributed by atoms with Crippen molar-refractivity contribution in [2.75, 3.05) is 32.8 Å². The van der Waals surface area contributed by atoms with E-state index in [-0.39, 0.29) is 0 Å². The van der Waals surface area contributed by atoms with Crippen molar-refractivity contribution in [3.05, 3.63) is 30.3 Å². The molecule has 1 aromatic rings. The zero-order valence-electron chi connectivity index (χ0n) is 14.5. The van der Waals surface area contributed by atoms with Crippen LogP contribution in [0.5, 0.6) is 5.75 Å². The van der Waals surface area contributed by atoms with Gasteiger partial charge in [-0.25, -0.2) is 0 Å². The smallest absolute Gasteiger partial charge is 0.222 e. The Kier molecular flexibility index (Phi) is 4.49. The number of benzene rings is 1. The summed E-state index contributed by atoms with van der Waals surface area (Å²) in [5.41, 5.74) is 0.335. The van der Waals surface area contributed by atoms with Crippen molar-refractivity contribution in [3.8, 4) is 5.75 Å². The summed E-state index contributed by atoms with van der Waals surface area (Å²) >= 11 is 0. The van der Waals surface area contributed by atoms with Crippen molar-refractivity contribution in [1.29, 1.82) is 0 Å². The van der Waals surface area contributed by atoms with E-state index in [4.69, 9.17) is 4.74 Å². The van der Waals surface area contributed by atoms with Crippen LogP contribution in [0.2, 0.25) is 0 Å². The van der Waals surface area contributed by atoms with Crippen LogP contribution in [0.1, 0.15) is 38.5 Å². The number of ether oxygens (including phenoxy) is 1. The Bertz CT molecular complexity index is 572. The van der Waals surface area contributed by atoms with E-state index in [0.717, 1.165) is 51.4 Å². The zero-order valence-corrected chi connectivity index (χ0v) is 14.5. The number of para-hydroxylation sites is 1. The van der Waals surface area contributed by atoms with E-state index in [2.05, 4.69) is 9.80 Å². The van der Waals surface area contributed by atoms with Gasteiger partial charge in [-0.3, -0.25) is 9.69 Å². The minimum absolute atomic E-state index is 0.335. The fraction of sp³-hybridized carbons (Fsp3) is 0.650. The van der Waals surface area contributed by atoms with Gasteiger partial charge in [-0.1, -0.05) is 18.2 Å². The van der Waals surface area contributed by atoms with Gasteiger partial charge in [0.25, 0.3) is 0 Å². The summed E-state index contributed by atoms with van der Waals surface area (Å²) in [5.74, 6) is 1.35. The minimum Gasteiger partial charge on any atom is -0.492 e. The van der Waals surface area contributed by atoms with Crippen molar-refractivity contribution in [2.24, 2.45) is 5.41 Å². The second-order valence-corrected chi connectivity index (χ2v) is 7.79. The Morgan fingerprint density at radius 1 is 1.12 bits per heavy atom. The highest BCUT2D eigenvalue weighted by molar-refractivity contribution is 5.78. The van der Waals surface area contributed by atoms with E-state index in [9.17, 15) is 4.79 Å². The van der Waals surface area contributed by atoms with Gasteiger partial charge < -0.3 is 9.64 Å². The maximum absolute atomic E-state index is 12.2. The monoisotopic (exact) mass is 328 g/mol. The van der Waals surface area contributed by atoms with Crippen molar-refractivity contribution in [2.45, 2.75) is 44.6 Å².